The minimum absolute atomic E-state index is 0.0708. The summed E-state index contributed by atoms with van der Waals surface area (Å²) in [6.07, 6.45) is 0.555. The quantitative estimate of drug-likeness (QED) is 0.819. The highest BCUT2D eigenvalue weighted by Crippen LogP contribution is 2.32. The lowest BCUT2D eigenvalue weighted by atomic mass is 10.1. The van der Waals surface area contributed by atoms with Crippen LogP contribution in [0.25, 0.3) is 0 Å². The molecule has 1 aromatic rings. The molecule has 6 nitrogen and oxygen atoms in total. The van der Waals surface area contributed by atoms with Gasteiger partial charge in [0.05, 0.1) is 19.8 Å². The zero-order valence-electron chi connectivity index (χ0n) is 15.8. The zero-order valence-corrected chi connectivity index (χ0v) is 15.8. The van der Waals surface area contributed by atoms with Crippen LogP contribution in [0, 0.1) is 12.8 Å². The third-order valence-corrected chi connectivity index (χ3v) is 4.51. The highest BCUT2D eigenvalue weighted by atomic mass is 16.5. The Morgan fingerprint density at radius 2 is 1.64 bits per heavy atom. The van der Waals surface area contributed by atoms with Gasteiger partial charge in [0.25, 0.3) is 5.91 Å². The molecular formula is C19H28N2O4. The van der Waals surface area contributed by atoms with Gasteiger partial charge in [0.2, 0.25) is 5.91 Å². The number of piperazine rings is 1. The zero-order chi connectivity index (χ0) is 18.6. The van der Waals surface area contributed by atoms with Gasteiger partial charge in [-0.2, -0.15) is 0 Å². The number of ether oxygens (including phenoxy) is 2. The summed E-state index contributed by atoms with van der Waals surface area (Å²) < 4.78 is 10.7. The summed E-state index contributed by atoms with van der Waals surface area (Å²) in [6, 6.07) is 3.52. The molecule has 1 saturated heterocycles. The van der Waals surface area contributed by atoms with Crippen molar-refractivity contribution in [2.45, 2.75) is 27.2 Å². The number of carbonyl (C=O) groups is 2. The Morgan fingerprint density at radius 1 is 1.04 bits per heavy atom. The fraction of sp³-hybridized carbons (Fsp3) is 0.579. The van der Waals surface area contributed by atoms with E-state index in [4.69, 9.17) is 9.47 Å². The van der Waals surface area contributed by atoms with Crippen molar-refractivity contribution in [3.63, 3.8) is 0 Å². The number of carbonyl (C=O) groups excluding carboxylic acids is 2. The van der Waals surface area contributed by atoms with E-state index in [-0.39, 0.29) is 11.8 Å². The molecule has 0 N–H and O–H groups in total. The van der Waals surface area contributed by atoms with Crippen LogP contribution in [-0.4, -0.2) is 62.0 Å². The van der Waals surface area contributed by atoms with Gasteiger partial charge in [-0.15, -0.1) is 0 Å². The molecule has 1 aliphatic heterocycles. The van der Waals surface area contributed by atoms with Gasteiger partial charge < -0.3 is 19.3 Å². The highest BCUT2D eigenvalue weighted by molar-refractivity contribution is 5.98. The topological polar surface area (TPSA) is 59.1 Å². The van der Waals surface area contributed by atoms with Crippen LogP contribution < -0.4 is 9.47 Å². The maximum Gasteiger partial charge on any atom is 0.257 e. The van der Waals surface area contributed by atoms with Gasteiger partial charge in [0.1, 0.15) is 11.5 Å². The van der Waals surface area contributed by atoms with E-state index in [1.807, 2.05) is 25.7 Å². The van der Waals surface area contributed by atoms with E-state index >= 15 is 0 Å². The number of amides is 2. The third kappa shape index (κ3) is 4.24. The Hall–Kier alpha value is -2.24. The number of rotatable bonds is 5. The predicted molar refractivity (Wildman–Crippen MR) is 96.2 cm³/mol. The van der Waals surface area contributed by atoms with Crippen molar-refractivity contribution in [3.05, 3.63) is 23.3 Å². The summed E-state index contributed by atoms with van der Waals surface area (Å²) in [5.41, 5.74) is 1.34. The van der Waals surface area contributed by atoms with Gasteiger partial charge in [-0.05, 0) is 25.0 Å². The van der Waals surface area contributed by atoms with Crippen LogP contribution in [0.4, 0.5) is 0 Å². The molecular weight excluding hydrogens is 320 g/mol. The van der Waals surface area contributed by atoms with Crippen molar-refractivity contribution in [3.8, 4) is 11.5 Å². The third-order valence-electron chi connectivity index (χ3n) is 4.51. The lowest BCUT2D eigenvalue weighted by Crippen LogP contribution is -2.50. The van der Waals surface area contributed by atoms with Gasteiger partial charge in [0.15, 0.2) is 0 Å². The molecule has 1 aromatic carbocycles. The monoisotopic (exact) mass is 348 g/mol. The molecule has 1 aliphatic rings. The van der Waals surface area contributed by atoms with Crippen molar-refractivity contribution < 1.29 is 19.1 Å². The first-order chi connectivity index (χ1) is 11.9. The number of methoxy groups -OCH3 is 2. The molecule has 6 heteroatoms. The van der Waals surface area contributed by atoms with Crippen LogP contribution >= 0.6 is 0 Å². The van der Waals surface area contributed by atoms with Crippen LogP contribution in [0.2, 0.25) is 0 Å². The van der Waals surface area contributed by atoms with E-state index < -0.39 is 0 Å². The first-order valence-electron chi connectivity index (χ1n) is 8.67. The van der Waals surface area contributed by atoms with Crippen LogP contribution in [-0.2, 0) is 4.79 Å². The second-order valence-electron chi connectivity index (χ2n) is 6.74. The molecule has 2 amide bonds. The summed E-state index contributed by atoms with van der Waals surface area (Å²) in [5.74, 6) is 1.68. The summed E-state index contributed by atoms with van der Waals surface area (Å²) in [6.45, 7) is 8.18. The molecule has 1 fully saturated rings. The fourth-order valence-corrected chi connectivity index (χ4v) is 3.13. The largest absolute Gasteiger partial charge is 0.496 e. The van der Waals surface area contributed by atoms with E-state index in [1.54, 1.807) is 31.3 Å². The summed E-state index contributed by atoms with van der Waals surface area (Å²) >= 11 is 0. The first-order valence-corrected chi connectivity index (χ1v) is 8.67. The lowest BCUT2D eigenvalue weighted by molar-refractivity contribution is -0.133. The minimum atomic E-state index is -0.0708. The van der Waals surface area contributed by atoms with Crippen LogP contribution in [0.3, 0.4) is 0 Å². The molecule has 0 atom stereocenters. The molecule has 0 saturated carbocycles. The Morgan fingerprint density at radius 3 is 2.16 bits per heavy atom. The lowest BCUT2D eigenvalue weighted by Gasteiger charge is -2.35. The summed E-state index contributed by atoms with van der Waals surface area (Å²) in [4.78, 5) is 28.7. The van der Waals surface area contributed by atoms with Gasteiger partial charge >= 0.3 is 0 Å². The normalized spacial score (nSPS) is 14.6. The molecule has 2 rings (SSSR count). The number of hydrogen-bond acceptors (Lipinski definition) is 4. The molecule has 138 valence electrons. The van der Waals surface area contributed by atoms with Gasteiger partial charge in [0, 0.05) is 38.2 Å². The average Bonchev–Trinajstić information content (AvgIpc) is 2.60. The molecule has 0 aliphatic carbocycles. The van der Waals surface area contributed by atoms with E-state index in [1.165, 1.54) is 0 Å². The Kier molecular flexibility index (Phi) is 6.28. The number of hydrogen-bond donors (Lipinski definition) is 0. The second kappa shape index (κ2) is 8.23. The van der Waals surface area contributed by atoms with Gasteiger partial charge in [-0.25, -0.2) is 0 Å². The van der Waals surface area contributed by atoms with Crippen molar-refractivity contribution in [1.82, 2.24) is 9.80 Å². The number of nitrogens with zero attached hydrogens (tertiary/aromatic N) is 2. The fourth-order valence-electron chi connectivity index (χ4n) is 3.13. The van der Waals surface area contributed by atoms with Crippen molar-refractivity contribution in [1.29, 1.82) is 0 Å². The minimum Gasteiger partial charge on any atom is -0.496 e. The number of benzene rings is 1. The SMILES string of the molecule is COc1ccc(C(=O)N2CCN(C(=O)CC(C)C)CC2)c(OC)c1C. The standard InChI is InChI=1S/C19H28N2O4/c1-13(2)12-17(22)20-8-10-21(11-9-20)19(23)15-6-7-16(24-4)14(3)18(15)25-5/h6-7,13H,8-12H2,1-5H3. The predicted octanol–water partition coefficient (Wildman–Crippen LogP) is 2.34. The highest BCUT2D eigenvalue weighted by Gasteiger charge is 2.27. The van der Waals surface area contributed by atoms with Gasteiger partial charge in [-0.3, -0.25) is 9.59 Å². The maximum atomic E-state index is 12.9. The molecule has 0 bridgehead atoms. The van der Waals surface area contributed by atoms with Crippen molar-refractivity contribution >= 4 is 11.8 Å². The van der Waals surface area contributed by atoms with Crippen molar-refractivity contribution in [2.24, 2.45) is 5.92 Å². The van der Waals surface area contributed by atoms with Crippen LogP contribution in [0.15, 0.2) is 12.1 Å². The van der Waals surface area contributed by atoms with Gasteiger partial charge in [-0.1, -0.05) is 13.8 Å². The summed E-state index contributed by atoms with van der Waals surface area (Å²) in [5, 5.41) is 0. The first kappa shape index (κ1) is 19.1. The van der Waals surface area contributed by atoms with Crippen molar-refractivity contribution in [2.75, 3.05) is 40.4 Å². The summed E-state index contributed by atoms with van der Waals surface area (Å²) in [7, 11) is 3.15. The van der Waals surface area contributed by atoms with E-state index in [9.17, 15) is 9.59 Å². The Bertz CT molecular complexity index is 635. The molecule has 0 aromatic heterocycles. The molecule has 25 heavy (non-hydrogen) atoms. The smallest absolute Gasteiger partial charge is 0.257 e. The van der Waals surface area contributed by atoms with E-state index in [0.717, 1.165) is 5.56 Å². The Balaban J connectivity index is 2.08. The second-order valence-corrected chi connectivity index (χ2v) is 6.74. The molecule has 1 heterocycles. The maximum absolute atomic E-state index is 12.9. The molecule has 0 unspecified atom stereocenters. The van der Waals surface area contributed by atoms with Crippen LogP contribution in [0.1, 0.15) is 36.2 Å². The van der Waals surface area contributed by atoms with E-state index in [0.29, 0.717) is 55.6 Å². The van der Waals surface area contributed by atoms with Crippen LogP contribution in [0.5, 0.6) is 11.5 Å². The molecule has 0 spiro atoms. The van der Waals surface area contributed by atoms with E-state index in [2.05, 4.69) is 0 Å². The Labute approximate surface area is 149 Å². The average molecular weight is 348 g/mol. The molecule has 0 radical (unpaired) electrons.